The Bertz CT molecular complexity index is 393. The summed E-state index contributed by atoms with van der Waals surface area (Å²) in [4.78, 5) is 1.44. The maximum atomic E-state index is 6.87. The van der Waals surface area contributed by atoms with Crippen LogP contribution in [-0.4, -0.2) is 20.3 Å². The predicted molar refractivity (Wildman–Crippen MR) is 92.3 cm³/mol. The second-order valence-corrected chi connectivity index (χ2v) is 13.5. The third kappa shape index (κ3) is 2.88. The first kappa shape index (κ1) is 16.2. The third-order valence-electron chi connectivity index (χ3n) is 4.73. The molecule has 0 amide bonds. The van der Waals surface area contributed by atoms with Crippen LogP contribution >= 0.6 is 11.8 Å². The van der Waals surface area contributed by atoms with Gasteiger partial charge in [-0.3, -0.25) is 0 Å². The fourth-order valence-corrected chi connectivity index (χ4v) is 11.0. The quantitative estimate of drug-likeness (QED) is 0.721. The molecule has 2 nitrogen and oxygen atoms in total. The summed E-state index contributed by atoms with van der Waals surface area (Å²) in [5, 5.41) is 3.31. The summed E-state index contributed by atoms with van der Waals surface area (Å²) in [7, 11) is -1.75. The second-order valence-electron chi connectivity index (χ2n) is 6.87. The second kappa shape index (κ2) is 6.28. The van der Waals surface area contributed by atoms with Gasteiger partial charge in [-0.2, -0.15) is 0 Å². The van der Waals surface area contributed by atoms with E-state index in [9.17, 15) is 0 Å². The smallest absolute Gasteiger partial charge is 0.201 e. The summed E-state index contributed by atoms with van der Waals surface area (Å²) in [5.74, 6) is 0. The van der Waals surface area contributed by atoms with Crippen molar-refractivity contribution in [2.24, 2.45) is 0 Å². The molecular formula is C16H29NOSSi. The molecule has 0 aromatic rings. The Labute approximate surface area is 129 Å². The minimum atomic E-state index is -1.75. The maximum absolute atomic E-state index is 6.87. The van der Waals surface area contributed by atoms with Crippen molar-refractivity contribution >= 4 is 20.1 Å². The molecule has 0 saturated carbocycles. The molecule has 114 valence electrons. The van der Waals surface area contributed by atoms with Gasteiger partial charge in [-0.15, -0.1) is 0 Å². The summed E-state index contributed by atoms with van der Waals surface area (Å²) in [6.07, 6.45) is 5.36. The topological polar surface area (TPSA) is 21.3 Å². The van der Waals surface area contributed by atoms with Gasteiger partial charge in [0.15, 0.2) is 0 Å². The van der Waals surface area contributed by atoms with Gasteiger partial charge >= 0.3 is 0 Å². The Morgan fingerprint density at radius 1 is 1.15 bits per heavy atom. The van der Waals surface area contributed by atoms with Gasteiger partial charge in [0.25, 0.3) is 0 Å². The van der Waals surface area contributed by atoms with Crippen molar-refractivity contribution in [1.29, 1.82) is 0 Å². The zero-order chi connectivity index (χ0) is 14.9. The number of hydrogen-bond acceptors (Lipinski definition) is 3. The molecule has 0 radical (unpaired) electrons. The molecule has 0 aliphatic carbocycles. The first-order chi connectivity index (χ1) is 9.37. The number of hydrogen-bond donors (Lipinski definition) is 1. The SMILES string of the molecule is CC(C)[Si](OC1CC2=C(C=CNC2)S1)(C(C)C)C(C)C. The normalized spacial score (nSPS) is 22.9. The molecule has 2 rings (SSSR count). The maximum Gasteiger partial charge on any atom is 0.201 e. The highest BCUT2D eigenvalue weighted by molar-refractivity contribution is 8.04. The number of dihydropyridines is 1. The predicted octanol–water partition coefficient (Wildman–Crippen LogP) is 5.01. The molecule has 0 spiro atoms. The summed E-state index contributed by atoms with van der Waals surface area (Å²) in [6, 6.07) is 0. The van der Waals surface area contributed by atoms with Crippen LogP contribution in [0.5, 0.6) is 0 Å². The van der Waals surface area contributed by atoms with Gasteiger partial charge in [-0.05, 0) is 34.5 Å². The average molecular weight is 312 g/mol. The molecule has 2 heterocycles. The lowest BCUT2D eigenvalue weighted by molar-refractivity contribution is 0.253. The van der Waals surface area contributed by atoms with Crippen LogP contribution in [0, 0.1) is 0 Å². The molecule has 0 fully saturated rings. The van der Waals surface area contributed by atoms with E-state index < -0.39 is 8.32 Å². The molecule has 1 atom stereocenters. The van der Waals surface area contributed by atoms with Crippen LogP contribution in [0.1, 0.15) is 48.0 Å². The number of allylic oxidation sites excluding steroid dienone is 1. The summed E-state index contributed by atoms with van der Waals surface area (Å²) in [5.41, 5.74) is 3.85. The highest BCUT2D eigenvalue weighted by Gasteiger charge is 2.47. The van der Waals surface area contributed by atoms with E-state index in [1.165, 1.54) is 10.5 Å². The fraction of sp³-hybridized carbons (Fsp3) is 0.750. The highest BCUT2D eigenvalue weighted by Crippen LogP contribution is 2.48. The molecule has 20 heavy (non-hydrogen) atoms. The molecule has 2 aliphatic rings. The first-order valence-corrected chi connectivity index (χ1v) is 10.9. The van der Waals surface area contributed by atoms with Crippen LogP contribution < -0.4 is 5.32 Å². The molecule has 0 aromatic heterocycles. The van der Waals surface area contributed by atoms with Crippen molar-refractivity contribution in [2.75, 3.05) is 6.54 Å². The Kier molecular flexibility index (Phi) is 5.08. The lowest BCUT2D eigenvalue weighted by Crippen LogP contribution is -2.49. The molecule has 2 aliphatic heterocycles. The summed E-state index contributed by atoms with van der Waals surface area (Å²) < 4.78 is 6.87. The van der Waals surface area contributed by atoms with E-state index in [1.54, 1.807) is 0 Å². The standard InChI is InChI=1S/C16H29NOSSi/c1-11(2)20(12(3)4,13(5)6)18-16-9-14-10-17-8-7-15(14)19-16/h7-8,11-13,16-17H,9-10H2,1-6H3. The summed E-state index contributed by atoms with van der Waals surface area (Å²) >= 11 is 1.94. The lowest BCUT2D eigenvalue weighted by atomic mass is 10.1. The van der Waals surface area contributed by atoms with Crippen LogP contribution in [-0.2, 0) is 4.43 Å². The van der Waals surface area contributed by atoms with Crippen molar-refractivity contribution in [1.82, 2.24) is 5.32 Å². The van der Waals surface area contributed by atoms with Crippen LogP contribution in [0.4, 0.5) is 0 Å². The van der Waals surface area contributed by atoms with Crippen molar-refractivity contribution in [3.63, 3.8) is 0 Å². The zero-order valence-corrected chi connectivity index (χ0v) is 15.5. The fourth-order valence-electron chi connectivity index (χ4n) is 3.90. The Hall–Kier alpha value is -0.193. The molecule has 4 heteroatoms. The average Bonchev–Trinajstić information content (AvgIpc) is 2.76. The van der Waals surface area contributed by atoms with E-state index in [0.717, 1.165) is 13.0 Å². The van der Waals surface area contributed by atoms with E-state index in [0.29, 0.717) is 22.1 Å². The number of nitrogens with one attached hydrogen (secondary N) is 1. The van der Waals surface area contributed by atoms with Gasteiger partial charge in [-0.25, -0.2) is 0 Å². The molecule has 0 aromatic carbocycles. The minimum absolute atomic E-state index is 0.336. The van der Waals surface area contributed by atoms with Crippen LogP contribution in [0.15, 0.2) is 22.8 Å². The molecular weight excluding hydrogens is 282 g/mol. The zero-order valence-electron chi connectivity index (χ0n) is 13.7. The van der Waals surface area contributed by atoms with Gasteiger partial charge in [0.2, 0.25) is 8.32 Å². The minimum Gasteiger partial charge on any atom is -0.404 e. The van der Waals surface area contributed by atoms with Crippen LogP contribution in [0.25, 0.3) is 0 Å². The molecule has 0 saturated heterocycles. The molecule has 0 bridgehead atoms. The summed E-state index contributed by atoms with van der Waals surface area (Å²) in [6.45, 7) is 15.2. The van der Waals surface area contributed by atoms with Gasteiger partial charge in [0, 0.05) is 17.9 Å². The van der Waals surface area contributed by atoms with Gasteiger partial charge in [0.05, 0.1) is 5.44 Å². The van der Waals surface area contributed by atoms with E-state index in [2.05, 4.69) is 59.1 Å². The van der Waals surface area contributed by atoms with E-state index in [1.807, 2.05) is 11.8 Å². The number of thioether (sulfide) groups is 1. The lowest BCUT2D eigenvalue weighted by Gasteiger charge is -2.43. The molecule has 1 unspecified atom stereocenters. The van der Waals surface area contributed by atoms with Gasteiger partial charge < -0.3 is 9.74 Å². The van der Waals surface area contributed by atoms with Crippen molar-refractivity contribution in [3.8, 4) is 0 Å². The third-order valence-corrected chi connectivity index (χ3v) is 12.2. The van der Waals surface area contributed by atoms with E-state index >= 15 is 0 Å². The van der Waals surface area contributed by atoms with Crippen molar-refractivity contribution < 1.29 is 4.43 Å². The van der Waals surface area contributed by atoms with E-state index in [-0.39, 0.29) is 0 Å². The van der Waals surface area contributed by atoms with E-state index in [4.69, 9.17) is 4.43 Å². The van der Waals surface area contributed by atoms with Crippen molar-refractivity contribution in [3.05, 3.63) is 22.8 Å². The van der Waals surface area contributed by atoms with Gasteiger partial charge in [0.1, 0.15) is 0 Å². The highest BCUT2D eigenvalue weighted by atomic mass is 32.2. The Morgan fingerprint density at radius 3 is 2.25 bits per heavy atom. The first-order valence-electron chi connectivity index (χ1n) is 7.84. The largest absolute Gasteiger partial charge is 0.404 e. The Balaban J connectivity index is 2.13. The monoisotopic (exact) mass is 311 g/mol. The van der Waals surface area contributed by atoms with Crippen molar-refractivity contribution in [2.45, 2.75) is 70.0 Å². The van der Waals surface area contributed by atoms with Crippen LogP contribution in [0.3, 0.4) is 0 Å². The molecule has 1 N–H and O–H groups in total. The van der Waals surface area contributed by atoms with Crippen LogP contribution in [0.2, 0.25) is 16.6 Å². The number of rotatable bonds is 5. The Morgan fingerprint density at radius 2 is 1.75 bits per heavy atom. The van der Waals surface area contributed by atoms with Gasteiger partial charge in [-0.1, -0.05) is 53.3 Å².